The number of fused-ring (bicyclic) bond motifs is 1. The van der Waals surface area contributed by atoms with Crippen molar-refractivity contribution in [2.75, 3.05) is 13.2 Å². The van der Waals surface area contributed by atoms with Gasteiger partial charge in [-0.1, -0.05) is 6.07 Å². The Bertz CT molecular complexity index is 1480. The molecule has 0 bridgehead atoms. The summed E-state index contributed by atoms with van der Waals surface area (Å²) in [4.78, 5) is 13.1. The summed E-state index contributed by atoms with van der Waals surface area (Å²) in [6.45, 7) is 4.59. The van der Waals surface area contributed by atoms with E-state index in [1.54, 1.807) is 32.9 Å². The van der Waals surface area contributed by atoms with Gasteiger partial charge in [0, 0.05) is 18.7 Å². The summed E-state index contributed by atoms with van der Waals surface area (Å²) in [6.07, 6.45) is 0. The van der Waals surface area contributed by atoms with Gasteiger partial charge in [0.05, 0.1) is 27.9 Å². The highest BCUT2D eigenvalue weighted by Crippen LogP contribution is 2.25. The van der Waals surface area contributed by atoms with Gasteiger partial charge in [0.1, 0.15) is 30.6 Å². The molecule has 0 radical (unpaired) electrons. The number of aryl methyl sites for hydroxylation is 2. The lowest BCUT2D eigenvalue weighted by Crippen LogP contribution is -2.52. The van der Waals surface area contributed by atoms with Crippen LogP contribution >= 0.6 is 0 Å². The molecule has 11 heteroatoms. The fraction of sp³-hybridized carbons (Fsp3) is 0.259. The first kappa shape index (κ1) is 26.9. The molecule has 4 aromatic rings. The van der Waals surface area contributed by atoms with Gasteiger partial charge in [-0.3, -0.25) is 4.79 Å². The van der Waals surface area contributed by atoms with E-state index in [9.17, 15) is 22.4 Å². The van der Waals surface area contributed by atoms with Gasteiger partial charge >= 0.3 is 0 Å². The molecule has 2 heterocycles. The van der Waals surface area contributed by atoms with E-state index in [0.717, 1.165) is 29.8 Å². The zero-order chi connectivity index (χ0) is 27.6. The van der Waals surface area contributed by atoms with Crippen molar-refractivity contribution in [3.05, 3.63) is 94.2 Å². The summed E-state index contributed by atoms with van der Waals surface area (Å²) in [5.74, 6) is -3.66. The van der Waals surface area contributed by atoms with Gasteiger partial charge in [0.15, 0.2) is 11.6 Å². The molecule has 0 fully saturated rings. The molecule has 0 aliphatic carbocycles. The van der Waals surface area contributed by atoms with Gasteiger partial charge in [-0.2, -0.15) is 9.61 Å². The third kappa shape index (κ3) is 5.88. The smallest absolute Gasteiger partial charge is 0.255 e. The van der Waals surface area contributed by atoms with Crippen LogP contribution in [0.15, 0.2) is 48.5 Å². The molecule has 1 unspecified atom stereocenters. The average Bonchev–Trinajstić information content (AvgIpc) is 3.18. The fourth-order valence-electron chi connectivity index (χ4n) is 3.80. The molecule has 3 N–H and O–H groups in total. The van der Waals surface area contributed by atoms with Crippen LogP contribution in [0.3, 0.4) is 0 Å². The number of carbonyl (C=O) groups is 1. The molecule has 2 aromatic heterocycles. The lowest BCUT2D eigenvalue weighted by Gasteiger charge is -2.25. The molecule has 1 atom stereocenters. The summed E-state index contributed by atoms with van der Waals surface area (Å²) in [6, 6.07) is 10.1. The van der Waals surface area contributed by atoms with Crippen molar-refractivity contribution in [1.82, 2.24) is 14.9 Å². The van der Waals surface area contributed by atoms with Crippen molar-refractivity contribution in [3.8, 4) is 11.6 Å². The van der Waals surface area contributed by atoms with Crippen LogP contribution in [-0.4, -0.2) is 34.2 Å². The van der Waals surface area contributed by atoms with Crippen LogP contribution in [0.1, 0.15) is 34.1 Å². The number of carbonyl (C=O) groups excluding carboxylic acids is 1. The van der Waals surface area contributed by atoms with Gasteiger partial charge in [-0.15, -0.1) is 0 Å². The Labute approximate surface area is 216 Å². The number of nitrogens with two attached hydrogens (primary N) is 1. The van der Waals surface area contributed by atoms with E-state index in [1.165, 1.54) is 16.6 Å². The van der Waals surface area contributed by atoms with Gasteiger partial charge in [-0.05, 0) is 56.7 Å². The Balaban J connectivity index is 1.48. The number of hydrogen-bond acceptors (Lipinski definition) is 5. The summed E-state index contributed by atoms with van der Waals surface area (Å²) < 4.78 is 67.2. The van der Waals surface area contributed by atoms with Gasteiger partial charge in [0.2, 0.25) is 5.88 Å². The second-order valence-corrected chi connectivity index (χ2v) is 9.32. The summed E-state index contributed by atoms with van der Waals surface area (Å²) in [5, 5.41) is 7.14. The number of benzene rings is 2. The second-order valence-electron chi connectivity index (χ2n) is 9.32. The predicted molar refractivity (Wildman–Crippen MR) is 132 cm³/mol. The van der Waals surface area contributed by atoms with E-state index in [0.29, 0.717) is 11.2 Å². The largest absolute Gasteiger partial charge is 0.492 e. The molecule has 2 aromatic carbocycles. The van der Waals surface area contributed by atoms with Crippen molar-refractivity contribution in [2.24, 2.45) is 5.73 Å². The maximum absolute atomic E-state index is 14.0. The van der Waals surface area contributed by atoms with Crippen LogP contribution < -0.4 is 20.5 Å². The molecule has 0 saturated heterocycles. The highest BCUT2D eigenvalue weighted by molar-refractivity contribution is 6.02. The van der Waals surface area contributed by atoms with Crippen LogP contribution in [0, 0.1) is 37.1 Å². The third-order valence-corrected chi connectivity index (χ3v) is 5.79. The third-order valence-electron chi connectivity index (χ3n) is 5.79. The summed E-state index contributed by atoms with van der Waals surface area (Å²) in [5.41, 5.74) is 6.80. The zero-order valence-electron chi connectivity index (χ0n) is 20.9. The number of nitrogens with one attached hydrogen (secondary N) is 1. The summed E-state index contributed by atoms with van der Waals surface area (Å²) in [7, 11) is 0. The fourth-order valence-corrected chi connectivity index (χ4v) is 3.80. The average molecular weight is 531 g/mol. The number of hydrogen-bond donors (Lipinski definition) is 2. The Morgan fingerprint density at radius 2 is 1.71 bits per heavy atom. The van der Waals surface area contributed by atoms with E-state index in [-0.39, 0.29) is 42.5 Å². The van der Waals surface area contributed by atoms with Crippen LogP contribution in [0.2, 0.25) is 0 Å². The van der Waals surface area contributed by atoms with E-state index in [4.69, 9.17) is 15.2 Å². The minimum Gasteiger partial charge on any atom is -0.492 e. The van der Waals surface area contributed by atoms with Crippen molar-refractivity contribution in [1.29, 1.82) is 0 Å². The van der Waals surface area contributed by atoms with Crippen LogP contribution in [0.4, 0.5) is 17.6 Å². The number of nitrogens with zero attached hydrogens (tertiary/aromatic N) is 2. The first-order chi connectivity index (χ1) is 17.9. The Morgan fingerprint density at radius 1 is 1.00 bits per heavy atom. The number of pyridine rings is 1. The normalized spacial score (nSPS) is 12.8. The second kappa shape index (κ2) is 10.7. The maximum atomic E-state index is 14.0. The minimum absolute atomic E-state index is 0.00593. The standard InChI is InChI=1S/C27H26F4N4O3/c1-15-9-23-25(26(36)33-13-27(3,32)14-38-17-7-8-21(30)22(31)11-17)16(2)34-35(23)24(10-15)37-12-18-19(28)5-4-6-20(18)29/h4-11H,12-14,32H2,1-3H3,(H,33,36). The molecule has 0 saturated carbocycles. The van der Waals surface area contributed by atoms with E-state index in [1.807, 2.05) is 0 Å². The van der Waals surface area contributed by atoms with E-state index >= 15 is 0 Å². The summed E-state index contributed by atoms with van der Waals surface area (Å²) >= 11 is 0. The number of rotatable bonds is 9. The molecular weight excluding hydrogens is 504 g/mol. The Hall–Kier alpha value is -4.12. The molecule has 200 valence electrons. The Morgan fingerprint density at radius 3 is 2.39 bits per heavy atom. The maximum Gasteiger partial charge on any atom is 0.255 e. The van der Waals surface area contributed by atoms with Gasteiger partial charge in [-0.25, -0.2) is 17.6 Å². The predicted octanol–water partition coefficient (Wildman–Crippen LogP) is 4.61. The Kier molecular flexibility index (Phi) is 7.58. The zero-order valence-corrected chi connectivity index (χ0v) is 20.9. The highest BCUT2D eigenvalue weighted by Gasteiger charge is 2.25. The van der Waals surface area contributed by atoms with E-state index < -0.39 is 34.7 Å². The van der Waals surface area contributed by atoms with Crippen molar-refractivity contribution in [3.63, 3.8) is 0 Å². The van der Waals surface area contributed by atoms with Crippen LogP contribution in [-0.2, 0) is 6.61 Å². The highest BCUT2D eigenvalue weighted by atomic mass is 19.2. The monoisotopic (exact) mass is 530 g/mol. The number of ether oxygens (including phenoxy) is 2. The van der Waals surface area contributed by atoms with Crippen LogP contribution in [0.25, 0.3) is 5.52 Å². The van der Waals surface area contributed by atoms with Gasteiger partial charge in [0.25, 0.3) is 5.91 Å². The quantitative estimate of drug-likeness (QED) is 0.309. The number of amides is 1. The molecule has 0 aliphatic rings. The number of halogens is 4. The molecule has 0 spiro atoms. The molecule has 4 rings (SSSR count). The molecular formula is C27H26F4N4O3. The van der Waals surface area contributed by atoms with Crippen LogP contribution in [0.5, 0.6) is 11.6 Å². The SMILES string of the molecule is Cc1cc(OCc2c(F)cccc2F)n2nc(C)c(C(=O)NCC(C)(N)COc3ccc(F)c(F)c3)c2c1. The lowest BCUT2D eigenvalue weighted by atomic mass is 10.1. The lowest BCUT2D eigenvalue weighted by molar-refractivity contribution is 0.0938. The molecule has 7 nitrogen and oxygen atoms in total. The van der Waals surface area contributed by atoms with Crippen molar-refractivity contribution < 1.29 is 31.8 Å². The minimum atomic E-state index is -1.05. The number of aromatic nitrogens is 2. The molecule has 1 amide bonds. The van der Waals surface area contributed by atoms with Crippen molar-refractivity contribution in [2.45, 2.75) is 32.9 Å². The van der Waals surface area contributed by atoms with E-state index in [2.05, 4.69) is 10.4 Å². The first-order valence-corrected chi connectivity index (χ1v) is 11.7. The molecule has 38 heavy (non-hydrogen) atoms. The molecule has 0 aliphatic heterocycles. The van der Waals surface area contributed by atoms with Gasteiger partial charge < -0.3 is 20.5 Å². The first-order valence-electron chi connectivity index (χ1n) is 11.7. The topological polar surface area (TPSA) is 90.9 Å². The van der Waals surface area contributed by atoms with Crippen molar-refractivity contribution >= 4 is 11.4 Å².